The third-order valence-corrected chi connectivity index (χ3v) is 2.96. The van der Waals surface area contributed by atoms with Crippen LogP contribution in [0.1, 0.15) is 17.2 Å². The average Bonchev–Trinajstić information content (AvgIpc) is 2.28. The number of hydrogen-bond acceptors (Lipinski definition) is 2. The molecule has 2 aromatic carbocycles. The van der Waals surface area contributed by atoms with E-state index in [0.29, 0.717) is 17.0 Å². The van der Waals surface area contributed by atoms with Crippen LogP contribution in [-0.2, 0) is 6.42 Å². The highest BCUT2D eigenvalue weighted by molar-refractivity contribution is 6.30. The Hall–Kier alpha value is -1.58. The summed E-state index contributed by atoms with van der Waals surface area (Å²) in [6.07, 6.45) is 0.451. The fraction of sp³-hybridized carbons (Fsp3) is 0.143. The average molecular weight is 266 g/mol. The summed E-state index contributed by atoms with van der Waals surface area (Å²) in [7, 11) is 0. The lowest BCUT2D eigenvalue weighted by atomic mass is 9.99. The Morgan fingerprint density at radius 2 is 2.00 bits per heavy atom. The molecule has 0 bridgehead atoms. The first-order chi connectivity index (χ1) is 8.56. The van der Waals surface area contributed by atoms with E-state index in [1.54, 1.807) is 30.3 Å². The molecule has 0 aliphatic carbocycles. The second kappa shape index (κ2) is 5.38. The van der Waals surface area contributed by atoms with Crippen LogP contribution in [0.3, 0.4) is 0 Å². The quantitative estimate of drug-likeness (QED) is 0.893. The third-order valence-electron chi connectivity index (χ3n) is 2.73. The van der Waals surface area contributed by atoms with Gasteiger partial charge < -0.3 is 10.8 Å². The summed E-state index contributed by atoms with van der Waals surface area (Å²) in [5.41, 5.74) is 7.24. The molecule has 0 aliphatic rings. The van der Waals surface area contributed by atoms with Crippen molar-refractivity contribution in [2.75, 3.05) is 0 Å². The van der Waals surface area contributed by atoms with Gasteiger partial charge in [-0.05, 0) is 36.2 Å². The Bertz CT molecular complexity index is 559. The van der Waals surface area contributed by atoms with E-state index in [-0.39, 0.29) is 5.75 Å². The number of phenols is 1. The number of phenolic OH excluding ortho intramolecular Hbond substituents is 1. The maximum absolute atomic E-state index is 13.7. The lowest BCUT2D eigenvalue weighted by Gasteiger charge is -2.13. The smallest absolute Gasteiger partial charge is 0.129 e. The van der Waals surface area contributed by atoms with Crippen LogP contribution in [0.2, 0.25) is 5.02 Å². The van der Waals surface area contributed by atoms with E-state index >= 15 is 0 Å². The number of hydrogen-bond donors (Lipinski definition) is 2. The van der Waals surface area contributed by atoms with Gasteiger partial charge in [-0.25, -0.2) is 4.39 Å². The molecule has 2 aromatic rings. The first kappa shape index (κ1) is 12.9. The molecule has 0 spiro atoms. The van der Waals surface area contributed by atoms with Crippen molar-refractivity contribution in [2.24, 2.45) is 5.73 Å². The van der Waals surface area contributed by atoms with E-state index < -0.39 is 11.9 Å². The van der Waals surface area contributed by atoms with Crippen LogP contribution in [0.5, 0.6) is 5.75 Å². The highest BCUT2D eigenvalue weighted by atomic mass is 35.5. The van der Waals surface area contributed by atoms with Crippen molar-refractivity contribution in [3.8, 4) is 5.75 Å². The molecule has 2 rings (SSSR count). The summed E-state index contributed by atoms with van der Waals surface area (Å²) >= 11 is 5.69. The molecule has 0 radical (unpaired) electrons. The van der Waals surface area contributed by atoms with E-state index in [0.717, 1.165) is 5.56 Å². The van der Waals surface area contributed by atoms with E-state index in [2.05, 4.69) is 0 Å². The Balaban J connectivity index is 2.19. The van der Waals surface area contributed by atoms with Crippen molar-refractivity contribution in [1.29, 1.82) is 0 Å². The molecule has 0 saturated heterocycles. The van der Waals surface area contributed by atoms with Gasteiger partial charge in [-0.2, -0.15) is 0 Å². The standard InChI is InChI=1S/C14H13ClFNO/c15-10-4-5-12(13(16)8-10)14(17)7-9-2-1-3-11(18)6-9/h1-6,8,14,18H,7,17H2. The van der Waals surface area contributed by atoms with Gasteiger partial charge in [-0.3, -0.25) is 0 Å². The number of aromatic hydroxyl groups is 1. The molecule has 1 atom stereocenters. The number of nitrogens with two attached hydrogens (primary N) is 1. The predicted molar refractivity (Wildman–Crippen MR) is 70.1 cm³/mol. The second-order valence-corrected chi connectivity index (χ2v) is 4.58. The van der Waals surface area contributed by atoms with Crippen molar-refractivity contribution >= 4 is 11.6 Å². The molecule has 94 valence electrons. The predicted octanol–water partition coefficient (Wildman–Crippen LogP) is 3.43. The van der Waals surface area contributed by atoms with Gasteiger partial charge in [0.15, 0.2) is 0 Å². The Kier molecular flexibility index (Phi) is 3.84. The van der Waals surface area contributed by atoms with E-state index in [4.69, 9.17) is 17.3 Å². The maximum Gasteiger partial charge on any atom is 0.129 e. The fourth-order valence-corrected chi connectivity index (χ4v) is 2.01. The van der Waals surface area contributed by atoms with Crippen molar-refractivity contribution in [3.05, 3.63) is 64.4 Å². The van der Waals surface area contributed by atoms with Gasteiger partial charge in [0.1, 0.15) is 11.6 Å². The zero-order chi connectivity index (χ0) is 13.1. The fourth-order valence-electron chi connectivity index (χ4n) is 1.85. The van der Waals surface area contributed by atoms with Crippen LogP contribution < -0.4 is 5.73 Å². The van der Waals surface area contributed by atoms with Gasteiger partial charge in [0.2, 0.25) is 0 Å². The Morgan fingerprint density at radius 1 is 1.22 bits per heavy atom. The molecule has 1 unspecified atom stereocenters. The molecule has 18 heavy (non-hydrogen) atoms. The lowest BCUT2D eigenvalue weighted by molar-refractivity contribution is 0.474. The highest BCUT2D eigenvalue weighted by Gasteiger charge is 2.12. The molecule has 0 saturated carbocycles. The number of benzene rings is 2. The van der Waals surface area contributed by atoms with Crippen LogP contribution in [0, 0.1) is 5.82 Å². The van der Waals surface area contributed by atoms with Crippen molar-refractivity contribution < 1.29 is 9.50 Å². The van der Waals surface area contributed by atoms with Gasteiger partial charge in [0.05, 0.1) is 0 Å². The molecule has 0 aliphatic heterocycles. The molecule has 2 nitrogen and oxygen atoms in total. The van der Waals surface area contributed by atoms with Crippen LogP contribution in [-0.4, -0.2) is 5.11 Å². The van der Waals surface area contributed by atoms with Gasteiger partial charge in [0, 0.05) is 16.6 Å². The van der Waals surface area contributed by atoms with Gasteiger partial charge >= 0.3 is 0 Å². The van der Waals surface area contributed by atoms with Crippen LogP contribution in [0.4, 0.5) is 4.39 Å². The summed E-state index contributed by atoms with van der Waals surface area (Å²) in [4.78, 5) is 0. The summed E-state index contributed by atoms with van der Waals surface area (Å²) in [6, 6.07) is 10.8. The van der Waals surface area contributed by atoms with E-state index in [1.807, 2.05) is 6.07 Å². The maximum atomic E-state index is 13.7. The van der Waals surface area contributed by atoms with Crippen LogP contribution >= 0.6 is 11.6 Å². The minimum atomic E-state index is -0.468. The molecule has 4 heteroatoms. The van der Waals surface area contributed by atoms with Gasteiger partial charge in [0.25, 0.3) is 0 Å². The molecule has 0 heterocycles. The zero-order valence-electron chi connectivity index (χ0n) is 9.61. The Labute approximate surface area is 110 Å². The van der Waals surface area contributed by atoms with Crippen molar-refractivity contribution in [3.63, 3.8) is 0 Å². The molecule has 0 fully saturated rings. The Morgan fingerprint density at radius 3 is 2.67 bits per heavy atom. The molecule has 3 N–H and O–H groups in total. The van der Waals surface area contributed by atoms with Crippen molar-refractivity contribution in [1.82, 2.24) is 0 Å². The third kappa shape index (κ3) is 3.00. The van der Waals surface area contributed by atoms with Gasteiger partial charge in [-0.15, -0.1) is 0 Å². The first-order valence-electron chi connectivity index (χ1n) is 5.54. The van der Waals surface area contributed by atoms with Crippen LogP contribution in [0.15, 0.2) is 42.5 Å². The molecule has 0 aromatic heterocycles. The largest absolute Gasteiger partial charge is 0.508 e. The highest BCUT2D eigenvalue weighted by Crippen LogP contribution is 2.23. The summed E-state index contributed by atoms with van der Waals surface area (Å²) in [5, 5.41) is 9.70. The molecular weight excluding hydrogens is 253 g/mol. The summed E-state index contributed by atoms with van der Waals surface area (Å²) in [6.45, 7) is 0. The summed E-state index contributed by atoms with van der Waals surface area (Å²) < 4.78 is 13.7. The SMILES string of the molecule is NC(Cc1cccc(O)c1)c1ccc(Cl)cc1F. The lowest BCUT2D eigenvalue weighted by Crippen LogP contribution is -2.14. The normalized spacial score (nSPS) is 12.4. The van der Waals surface area contributed by atoms with E-state index in [1.165, 1.54) is 6.07 Å². The zero-order valence-corrected chi connectivity index (χ0v) is 10.4. The minimum absolute atomic E-state index is 0.177. The van der Waals surface area contributed by atoms with Crippen molar-refractivity contribution in [2.45, 2.75) is 12.5 Å². The second-order valence-electron chi connectivity index (χ2n) is 4.15. The van der Waals surface area contributed by atoms with Gasteiger partial charge in [-0.1, -0.05) is 29.8 Å². The number of halogens is 2. The van der Waals surface area contributed by atoms with Crippen LogP contribution in [0.25, 0.3) is 0 Å². The molecular formula is C14H13ClFNO. The topological polar surface area (TPSA) is 46.2 Å². The first-order valence-corrected chi connectivity index (χ1v) is 5.92. The monoisotopic (exact) mass is 265 g/mol. The minimum Gasteiger partial charge on any atom is -0.508 e. The summed E-state index contributed by atoms with van der Waals surface area (Å²) in [5.74, 6) is -0.230. The van der Waals surface area contributed by atoms with E-state index in [9.17, 15) is 9.50 Å². The molecule has 0 amide bonds. The number of rotatable bonds is 3.